The topological polar surface area (TPSA) is 82.8 Å². The number of aryl methyl sites for hydroxylation is 2. The molecule has 0 aliphatic heterocycles. The van der Waals surface area contributed by atoms with Crippen molar-refractivity contribution in [2.75, 3.05) is 0 Å². The minimum Gasteiger partial charge on any atom is -0.334 e. The first-order chi connectivity index (χ1) is 8.36. The molecule has 0 saturated carbocycles. The predicted molar refractivity (Wildman–Crippen MR) is 67.8 cm³/mol. The molecule has 0 fully saturated rings. The number of nitrogens with zero attached hydrogens (tertiary/aromatic N) is 4. The molecule has 98 valence electrons. The van der Waals surface area contributed by atoms with Crippen LogP contribution in [-0.4, -0.2) is 19.9 Å². The van der Waals surface area contributed by atoms with E-state index in [4.69, 9.17) is 10.3 Å². The van der Waals surface area contributed by atoms with E-state index >= 15 is 0 Å². The predicted octanol–water partition coefficient (Wildman–Crippen LogP) is 1.67. The lowest BCUT2D eigenvalue weighted by Crippen LogP contribution is -2.33. The Labute approximate surface area is 106 Å². The van der Waals surface area contributed by atoms with E-state index < -0.39 is 5.54 Å². The SMILES string of the molecule is CCC(C)(N)c1noc(-c2c(C)nn(C)c2C)n1. The molecular formula is C12H19N5O. The maximum Gasteiger partial charge on any atom is 0.261 e. The highest BCUT2D eigenvalue weighted by Gasteiger charge is 2.27. The van der Waals surface area contributed by atoms with Crippen LogP contribution in [0.5, 0.6) is 0 Å². The Balaban J connectivity index is 2.48. The van der Waals surface area contributed by atoms with Gasteiger partial charge in [0.05, 0.1) is 16.8 Å². The van der Waals surface area contributed by atoms with Gasteiger partial charge in [-0.15, -0.1) is 0 Å². The number of nitrogens with two attached hydrogens (primary N) is 1. The minimum absolute atomic E-state index is 0.484. The molecule has 0 saturated heterocycles. The molecule has 6 nitrogen and oxygen atoms in total. The lowest BCUT2D eigenvalue weighted by molar-refractivity contribution is 0.378. The van der Waals surface area contributed by atoms with Crippen molar-refractivity contribution in [3.63, 3.8) is 0 Å². The number of hydrogen-bond acceptors (Lipinski definition) is 5. The van der Waals surface area contributed by atoms with Crippen LogP contribution in [0.2, 0.25) is 0 Å². The van der Waals surface area contributed by atoms with Gasteiger partial charge in [0.15, 0.2) is 5.82 Å². The van der Waals surface area contributed by atoms with Crippen molar-refractivity contribution in [2.45, 2.75) is 39.7 Å². The van der Waals surface area contributed by atoms with Crippen LogP contribution in [0, 0.1) is 13.8 Å². The van der Waals surface area contributed by atoms with Crippen LogP contribution in [-0.2, 0) is 12.6 Å². The first kappa shape index (κ1) is 12.8. The van der Waals surface area contributed by atoms with Gasteiger partial charge in [-0.3, -0.25) is 4.68 Å². The Morgan fingerprint density at radius 1 is 1.39 bits per heavy atom. The van der Waals surface area contributed by atoms with Crippen molar-refractivity contribution in [3.8, 4) is 11.5 Å². The van der Waals surface area contributed by atoms with Crippen molar-refractivity contribution in [1.82, 2.24) is 19.9 Å². The van der Waals surface area contributed by atoms with Crippen molar-refractivity contribution < 1.29 is 4.52 Å². The Kier molecular flexibility index (Phi) is 2.98. The minimum atomic E-state index is -0.564. The summed E-state index contributed by atoms with van der Waals surface area (Å²) in [5.41, 5.74) is 8.31. The molecule has 2 aromatic rings. The molecular weight excluding hydrogens is 230 g/mol. The summed E-state index contributed by atoms with van der Waals surface area (Å²) in [7, 11) is 1.89. The molecule has 18 heavy (non-hydrogen) atoms. The van der Waals surface area contributed by atoms with Gasteiger partial charge in [0.25, 0.3) is 5.89 Å². The standard InChI is InChI=1S/C12H19N5O/c1-6-12(4,13)11-14-10(18-16-11)9-7(2)15-17(5)8(9)3/h6,13H2,1-5H3. The molecule has 0 bridgehead atoms. The fraction of sp³-hybridized carbons (Fsp3) is 0.583. The monoisotopic (exact) mass is 249 g/mol. The van der Waals surface area contributed by atoms with Gasteiger partial charge in [0, 0.05) is 12.7 Å². The van der Waals surface area contributed by atoms with Gasteiger partial charge in [-0.05, 0) is 27.2 Å². The molecule has 0 radical (unpaired) electrons. The Hall–Kier alpha value is -1.69. The van der Waals surface area contributed by atoms with E-state index in [9.17, 15) is 0 Å². The van der Waals surface area contributed by atoms with Gasteiger partial charge < -0.3 is 10.3 Å². The van der Waals surface area contributed by atoms with E-state index in [0.717, 1.165) is 23.4 Å². The highest BCUT2D eigenvalue weighted by Crippen LogP contribution is 2.27. The van der Waals surface area contributed by atoms with E-state index in [2.05, 4.69) is 15.2 Å². The van der Waals surface area contributed by atoms with Gasteiger partial charge in [-0.2, -0.15) is 10.1 Å². The molecule has 0 aliphatic carbocycles. The molecule has 2 rings (SSSR count). The van der Waals surface area contributed by atoms with Crippen molar-refractivity contribution in [3.05, 3.63) is 17.2 Å². The van der Waals surface area contributed by atoms with Crippen LogP contribution in [0.25, 0.3) is 11.5 Å². The lowest BCUT2D eigenvalue weighted by Gasteiger charge is -2.16. The average Bonchev–Trinajstić information content (AvgIpc) is 2.86. The van der Waals surface area contributed by atoms with E-state index in [-0.39, 0.29) is 0 Å². The lowest BCUT2D eigenvalue weighted by atomic mass is 10.00. The van der Waals surface area contributed by atoms with Crippen molar-refractivity contribution in [2.24, 2.45) is 12.8 Å². The molecule has 6 heteroatoms. The van der Waals surface area contributed by atoms with Gasteiger partial charge in [0.1, 0.15) is 0 Å². The van der Waals surface area contributed by atoms with Gasteiger partial charge >= 0.3 is 0 Å². The molecule has 2 aromatic heterocycles. The van der Waals surface area contributed by atoms with E-state index in [1.165, 1.54) is 0 Å². The third-order valence-corrected chi connectivity index (χ3v) is 3.39. The summed E-state index contributed by atoms with van der Waals surface area (Å²) in [5, 5.41) is 8.31. The van der Waals surface area contributed by atoms with Crippen LogP contribution < -0.4 is 5.73 Å². The van der Waals surface area contributed by atoms with Crippen molar-refractivity contribution >= 4 is 0 Å². The van der Waals surface area contributed by atoms with Crippen LogP contribution >= 0.6 is 0 Å². The van der Waals surface area contributed by atoms with Gasteiger partial charge in [0.2, 0.25) is 0 Å². The first-order valence-electron chi connectivity index (χ1n) is 6.00. The van der Waals surface area contributed by atoms with Crippen LogP contribution in [0.4, 0.5) is 0 Å². The second-order valence-electron chi connectivity index (χ2n) is 4.86. The number of aromatic nitrogens is 4. The Morgan fingerprint density at radius 3 is 2.56 bits per heavy atom. The fourth-order valence-electron chi connectivity index (χ4n) is 1.80. The van der Waals surface area contributed by atoms with Crippen LogP contribution in [0.15, 0.2) is 4.52 Å². The highest BCUT2D eigenvalue weighted by molar-refractivity contribution is 5.59. The maximum atomic E-state index is 6.10. The highest BCUT2D eigenvalue weighted by atomic mass is 16.5. The zero-order chi connectivity index (χ0) is 13.5. The third-order valence-electron chi connectivity index (χ3n) is 3.39. The van der Waals surface area contributed by atoms with Crippen LogP contribution in [0.3, 0.4) is 0 Å². The quantitative estimate of drug-likeness (QED) is 0.894. The largest absolute Gasteiger partial charge is 0.334 e. The Bertz CT molecular complexity index is 567. The summed E-state index contributed by atoms with van der Waals surface area (Å²) < 4.78 is 7.12. The van der Waals surface area contributed by atoms with E-state index in [1.54, 1.807) is 4.68 Å². The average molecular weight is 249 g/mol. The third kappa shape index (κ3) is 1.92. The summed E-state index contributed by atoms with van der Waals surface area (Å²) in [6, 6.07) is 0. The second-order valence-corrected chi connectivity index (χ2v) is 4.86. The van der Waals surface area contributed by atoms with Gasteiger partial charge in [-0.1, -0.05) is 12.1 Å². The van der Waals surface area contributed by atoms with E-state index in [0.29, 0.717) is 11.7 Å². The molecule has 2 N–H and O–H groups in total. The summed E-state index contributed by atoms with van der Waals surface area (Å²) in [4.78, 5) is 4.40. The molecule has 1 atom stereocenters. The van der Waals surface area contributed by atoms with E-state index in [1.807, 2.05) is 34.7 Å². The maximum absolute atomic E-state index is 6.10. The molecule has 1 unspecified atom stereocenters. The number of rotatable bonds is 3. The molecule has 0 aromatic carbocycles. The van der Waals surface area contributed by atoms with Crippen molar-refractivity contribution in [1.29, 1.82) is 0 Å². The number of hydrogen-bond donors (Lipinski definition) is 1. The normalized spacial score (nSPS) is 14.8. The zero-order valence-electron chi connectivity index (χ0n) is 11.5. The summed E-state index contributed by atoms with van der Waals surface area (Å²) in [5.74, 6) is 1.01. The second kappa shape index (κ2) is 4.20. The summed E-state index contributed by atoms with van der Waals surface area (Å²) >= 11 is 0. The zero-order valence-corrected chi connectivity index (χ0v) is 11.5. The summed E-state index contributed by atoms with van der Waals surface area (Å²) in [6.07, 6.45) is 0.747. The molecule has 0 aliphatic rings. The smallest absolute Gasteiger partial charge is 0.261 e. The molecule has 0 spiro atoms. The van der Waals surface area contributed by atoms with Crippen LogP contribution in [0.1, 0.15) is 37.5 Å². The first-order valence-corrected chi connectivity index (χ1v) is 6.00. The van der Waals surface area contributed by atoms with Gasteiger partial charge in [-0.25, -0.2) is 0 Å². The fourth-order valence-corrected chi connectivity index (χ4v) is 1.80. The Morgan fingerprint density at radius 2 is 2.06 bits per heavy atom. The molecule has 2 heterocycles. The molecule has 0 amide bonds. The summed E-state index contributed by atoms with van der Waals surface area (Å²) in [6.45, 7) is 7.79.